The molecule has 0 heterocycles. The van der Waals surface area contributed by atoms with E-state index in [0.29, 0.717) is 0 Å². The first-order valence-corrected chi connectivity index (χ1v) is 16.2. The van der Waals surface area contributed by atoms with Crippen LogP contribution in [-0.4, -0.2) is 0 Å². The van der Waals surface area contributed by atoms with Crippen LogP contribution in [0.2, 0.25) is 0 Å². The Morgan fingerprint density at radius 3 is 1.00 bits per heavy atom. The second-order valence-corrected chi connectivity index (χ2v) is 13.1. The first kappa shape index (κ1) is 23.4. The van der Waals surface area contributed by atoms with E-state index in [-0.39, 0.29) is 0 Å². The van der Waals surface area contributed by atoms with Crippen molar-refractivity contribution in [1.82, 2.24) is 0 Å². The SMILES string of the molecule is c1ccc2c(c1)ccc1c3ccc4ccccc4c3c3cc4c(cc3c21)c1ccc2cccc3c5cccc6ccc4c(c65)c1c23. The molecule has 0 unspecified atom stereocenters. The maximum atomic E-state index is 2.54. The Labute approximate surface area is 263 Å². The lowest BCUT2D eigenvalue weighted by Crippen LogP contribution is -1.93. The second kappa shape index (κ2) is 7.99. The Morgan fingerprint density at radius 2 is 0.522 bits per heavy atom. The molecule has 0 aliphatic rings. The molecule has 0 heteroatoms. The molecule has 208 valence electrons. The third kappa shape index (κ3) is 2.66. The molecule has 0 aliphatic carbocycles. The molecule has 0 saturated heterocycles. The van der Waals surface area contributed by atoms with E-state index in [1.54, 1.807) is 0 Å². The van der Waals surface area contributed by atoms with Gasteiger partial charge in [0.2, 0.25) is 0 Å². The van der Waals surface area contributed by atoms with Gasteiger partial charge in [0, 0.05) is 0 Å². The third-order valence-corrected chi connectivity index (χ3v) is 11.1. The van der Waals surface area contributed by atoms with E-state index in [4.69, 9.17) is 0 Å². The molecule has 0 saturated carbocycles. The lowest BCUT2D eigenvalue weighted by molar-refractivity contribution is 1.79. The summed E-state index contributed by atoms with van der Waals surface area (Å²) in [5.41, 5.74) is 0. The van der Waals surface area contributed by atoms with Crippen molar-refractivity contribution in [3.8, 4) is 0 Å². The molecular formula is C46H24. The predicted octanol–water partition coefficient (Wildman–Crippen LogP) is 13.2. The summed E-state index contributed by atoms with van der Waals surface area (Å²) in [6, 6.07) is 55.2. The first-order chi connectivity index (χ1) is 22.8. The van der Waals surface area contributed by atoms with Gasteiger partial charge in [-0.2, -0.15) is 0 Å². The van der Waals surface area contributed by atoms with Gasteiger partial charge in [0.25, 0.3) is 0 Å². The highest BCUT2D eigenvalue weighted by atomic mass is 14.2. The van der Waals surface area contributed by atoms with Crippen LogP contribution in [0.3, 0.4) is 0 Å². The van der Waals surface area contributed by atoms with Gasteiger partial charge >= 0.3 is 0 Å². The van der Waals surface area contributed by atoms with E-state index >= 15 is 0 Å². The Kier molecular flexibility index (Phi) is 4.07. The highest BCUT2D eigenvalue weighted by molar-refractivity contribution is 6.46. The maximum Gasteiger partial charge on any atom is -0.000763 e. The molecule has 0 radical (unpaired) electrons. The number of fused-ring (bicyclic) bond motifs is 14. The Morgan fingerprint density at radius 1 is 0.174 bits per heavy atom. The lowest BCUT2D eigenvalue weighted by atomic mass is 9.82. The molecule has 0 fully saturated rings. The molecule has 0 bridgehead atoms. The van der Waals surface area contributed by atoms with Crippen molar-refractivity contribution < 1.29 is 0 Å². The van der Waals surface area contributed by atoms with Gasteiger partial charge < -0.3 is 0 Å². The fraction of sp³-hybridized carbons (Fsp3) is 0. The molecule has 12 rings (SSSR count). The molecule has 12 aromatic carbocycles. The van der Waals surface area contributed by atoms with E-state index in [1.165, 1.54) is 118 Å². The van der Waals surface area contributed by atoms with Crippen molar-refractivity contribution in [3.63, 3.8) is 0 Å². The monoisotopic (exact) mass is 576 g/mol. The number of hydrogen-bond donors (Lipinski definition) is 0. The van der Waals surface area contributed by atoms with Gasteiger partial charge in [0.05, 0.1) is 0 Å². The zero-order valence-electron chi connectivity index (χ0n) is 24.9. The van der Waals surface area contributed by atoms with Gasteiger partial charge in [-0.15, -0.1) is 0 Å². The van der Waals surface area contributed by atoms with Crippen molar-refractivity contribution in [3.05, 3.63) is 146 Å². The maximum absolute atomic E-state index is 2.54. The quantitative estimate of drug-likeness (QED) is 0.124. The molecule has 12 aromatic rings. The molecule has 0 amide bonds. The topological polar surface area (TPSA) is 0 Å². The van der Waals surface area contributed by atoms with Crippen LogP contribution >= 0.6 is 0 Å². The minimum atomic E-state index is 1.28. The summed E-state index contributed by atoms with van der Waals surface area (Å²) < 4.78 is 0. The van der Waals surface area contributed by atoms with Crippen LogP contribution in [0.1, 0.15) is 0 Å². The average molecular weight is 577 g/mol. The van der Waals surface area contributed by atoms with Crippen molar-refractivity contribution in [1.29, 1.82) is 0 Å². The van der Waals surface area contributed by atoms with E-state index in [9.17, 15) is 0 Å². The Bertz CT molecular complexity index is 3070. The zero-order chi connectivity index (χ0) is 29.7. The molecule has 0 N–H and O–H groups in total. The third-order valence-electron chi connectivity index (χ3n) is 11.1. The molecule has 0 aliphatic heterocycles. The Hall–Kier alpha value is -5.98. The summed E-state index contributed by atoms with van der Waals surface area (Å²) in [6.45, 7) is 0. The Balaban J connectivity index is 1.45. The van der Waals surface area contributed by atoms with Crippen LogP contribution in [0.5, 0.6) is 0 Å². The van der Waals surface area contributed by atoms with Crippen molar-refractivity contribution in [2.75, 3.05) is 0 Å². The van der Waals surface area contributed by atoms with E-state index in [2.05, 4.69) is 146 Å². The predicted molar refractivity (Wildman–Crippen MR) is 201 cm³/mol. The summed E-state index contributed by atoms with van der Waals surface area (Å²) in [5.74, 6) is 0. The summed E-state index contributed by atoms with van der Waals surface area (Å²) >= 11 is 0. The molecule has 0 atom stereocenters. The van der Waals surface area contributed by atoms with Crippen LogP contribution in [0, 0.1) is 0 Å². The highest BCUT2D eigenvalue weighted by Crippen LogP contribution is 2.50. The molecule has 46 heavy (non-hydrogen) atoms. The van der Waals surface area contributed by atoms with Gasteiger partial charge in [0.15, 0.2) is 0 Å². The van der Waals surface area contributed by atoms with E-state index in [1.807, 2.05) is 0 Å². The second-order valence-electron chi connectivity index (χ2n) is 13.1. The smallest absolute Gasteiger partial charge is 0.000763 e. The van der Waals surface area contributed by atoms with Crippen LogP contribution in [0.4, 0.5) is 0 Å². The largest absolute Gasteiger partial charge is 0.0616 e. The fourth-order valence-corrected chi connectivity index (χ4v) is 9.21. The summed E-state index contributed by atoms with van der Waals surface area (Å²) in [6.07, 6.45) is 0. The normalized spacial score (nSPS) is 12.8. The van der Waals surface area contributed by atoms with Crippen LogP contribution in [0.15, 0.2) is 146 Å². The minimum Gasteiger partial charge on any atom is -0.0616 e. The summed E-state index contributed by atoms with van der Waals surface area (Å²) in [4.78, 5) is 0. The van der Waals surface area contributed by atoms with Gasteiger partial charge in [-0.05, 0) is 131 Å². The zero-order valence-corrected chi connectivity index (χ0v) is 24.9. The molecule has 0 spiro atoms. The van der Waals surface area contributed by atoms with E-state index < -0.39 is 0 Å². The van der Waals surface area contributed by atoms with Crippen LogP contribution in [-0.2, 0) is 0 Å². The summed E-state index contributed by atoms with van der Waals surface area (Å²) in [5, 5.41) is 29.4. The number of benzene rings is 12. The van der Waals surface area contributed by atoms with Gasteiger partial charge in [-0.1, -0.05) is 133 Å². The molecule has 0 aromatic heterocycles. The first-order valence-electron chi connectivity index (χ1n) is 16.2. The number of hydrogen-bond acceptors (Lipinski definition) is 0. The standard InChI is InChI=1S/C46H24/c1-3-11-29-25(7-1)15-19-33-34-20-16-26-8-2-4-12-30(26)44(34)40-24-38-36-22-18-28-10-6-14-32-31-13-5-9-27-17-21-35(37(38)23-39(40)43(29)33)45(41(27)31)46(36)42(28)32/h1-24H. The molecular weight excluding hydrogens is 553 g/mol. The van der Waals surface area contributed by atoms with Crippen molar-refractivity contribution in [2.24, 2.45) is 0 Å². The molecule has 0 nitrogen and oxygen atoms in total. The lowest BCUT2D eigenvalue weighted by Gasteiger charge is -2.21. The van der Waals surface area contributed by atoms with Gasteiger partial charge in [0.1, 0.15) is 0 Å². The number of rotatable bonds is 0. The van der Waals surface area contributed by atoms with Crippen LogP contribution < -0.4 is 0 Å². The fourth-order valence-electron chi connectivity index (χ4n) is 9.21. The van der Waals surface area contributed by atoms with Crippen molar-refractivity contribution in [2.45, 2.75) is 0 Å². The summed E-state index contributed by atoms with van der Waals surface area (Å²) in [7, 11) is 0. The van der Waals surface area contributed by atoms with E-state index in [0.717, 1.165) is 0 Å². The van der Waals surface area contributed by atoms with Gasteiger partial charge in [-0.3, -0.25) is 0 Å². The van der Waals surface area contributed by atoms with Crippen molar-refractivity contribution >= 4 is 118 Å². The van der Waals surface area contributed by atoms with Crippen LogP contribution in [0.25, 0.3) is 118 Å². The minimum absolute atomic E-state index is 1.28. The average Bonchev–Trinajstić information content (AvgIpc) is 3.12. The highest BCUT2D eigenvalue weighted by Gasteiger charge is 2.21. The van der Waals surface area contributed by atoms with Gasteiger partial charge in [-0.25, -0.2) is 0 Å².